The largest absolute Gasteiger partial charge is 0.433 e. The van der Waals surface area contributed by atoms with Crippen LogP contribution < -0.4 is 5.32 Å². The van der Waals surface area contributed by atoms with Gasteiger partial charge >= 0.3 is 6.18 Å². The van der Waals surface area contributed by atoms with E-state index in [1.54, 1.807) is 19.1 Å². The molecule has 0 unspecified atom stereocenters. The molecule has 0 aliphatic heterocycles. The molecule has 0 bridgehead atoms. The number of carbonyl (C=O) groups is 1. The van der Waals surface area contributed by atoms with Gasteiger partial charge in [-0.15, -0.1) is 11.8 Å². The number of benzene rings is 1. The molecule has 0 fully saturated rings. The molecule has 1 amide bonds. The summed E-state index contributed by atoms with van der Waals surface area (Å²) in [6.07, 6.45) is -4.58. The van der Waals surface area contributed by atoms with Crippen LogP contribution in [-0.2, 0) is 12.7 Å². The Labute approximate surface area is 168 Å². The van der Waals surface area contributed by atoms with Crippen LogP contribution in [0.25, 0.3) is 11.0 Å². The van der Waals surface area contributed by atoms with Crippen molar-refractivity contribution in [2.24, 2.45) is 0 Å². The van der Waals surface area contributed by atoms with E-state index in [1.165, 1.54) is 30.0 Å². The van der Waals surface area contributed by atoms with E-state index in [0.29, 0.717) is 32.9 Å². The molecule has 0 saturated heterocycles. The number of pyridine rings is 2. The normalized spacial score (nSPS) is 11.7. The first-order chi connectivity index (χ1) is 13.7. The molecule has 9 heteroatoms. The van der Waals surface area contributed by atoms with Gasteiger partial charge in [0, 0.05) is 11.9 Å². The Hall–Kier alpha value is -2.68. The highest BCUT2D eigenvalue weighted by Gasteiger charge is 2.33. The van der Waals surface area contributed by atoms with Crippen LogP contribution >= 0.6 is 11.8 Å². The van der Waals surface area contributed by atoms with Gasteiger partial charge in [-0.2, -0.15) is 13.2 Å². The lowest BCUT2D eigenvalue weighted by Crippen LogP contribution is -2.25. The summed E-state index contributed by atoms with van der Waals surface area (Å²) in [6, 6.07) is 7.88. The van der Waals surface area contributed by atoms with Crippen LogP contribution in [0.15, 0.2) is 41.4 Å². The third-order valence-corrected chi connectivity index (χ3v) is 5.10. The van der Waals surface area contributed by atoms with E-state index in [4.69, 9.17) is 0 Å². The van der Waals surface area contributed by atoms with E-state index in [0.717, 1.165) is 6.07 Å². The van der Waals surface area contributed by atoms with E-state index in [1.807, 2.05) is 6.92 Å². The van der Waals surface area contributed by atoms with Gasteiger partial charge in [0.05, 0.1) is 5.56 Å². The number of hydrogen-bond donors (Lipinski definition) is 1. The molecule has 0 aliphatic rings. The Bertz CT molecular complexity index is 1050. The molecule has 1 N–H and O–H groups in total. The molecule has 2 heterocycles. The standard InChI is InChI=1S/C20H17F4N3OS/c1-3-29-19-16(18(28)25-10-12-4-6-13(21)7-5-12)11(2)14-8-9-15(20(22,23)24)26-17(14)27-19/h4-9H,3,10H2,1-2H3,(H,25,28). The van der Waals surface area contributed by atoms with Crippen molar-refractivity contribution in [3.63, 3.8) is 0 Å². The molecule has 29 heavy (non-hydrogen) atoms. The van der Waals surface area contributed by atoms with Crippen molar-refractivity contribution in [3.05, 3.63) is 64.6 Å². The fraction of sp³-hybridized carbons (Fsp3) is 0.250. The number of halogens is 4. The van der Waals surface area contributed by atoms with E-state index in [9.17, 15) is 22.4 Å². The number of nitrogens with one attached hydrogen (secondary N) is 1. The van der Waals surface area contributed by atoms with E-state index < -0.39 is 17.8 Å². The van der Waals surface area contributed by atoms with Gasteiger partial charge in [-0.05, 0) is 48.1 Å². The first-order valence-corrected chi connectivity index (χ1v) is 9.73. The number of fused-ring (bicyclic) bond motifs is 1. The monoisotopic (exact) mass is 423 g/mol. The smallest absolute Gasteiger partial charge is 0.348 e. The fourth-order valence-corrected chi connectivity index (χ4v) is 3.63. The Morgan fingerprint density at radius 2 is 1.79 bits per heavy atom. The summed E-state index contributed by atoms with van der Waals surface area (Å²) in [5, 5.41) is 3.46. The summed E-state index contributed by atoms with van der Waals surface area (Å²) >= 11 is 1.25. The third kappa shape index (κ3) is 4.67. The number of hydrogen-bond acceptors (Lipinski definition) is 4. The van der Waals surface area contributed by atoms with Crippen LogP contribution in [0.5, 0.6) is 0 Å². The van der Waals surface area contributed by atoms with Gasteiger partial charge in [-0.1, -0.05) is 19.1 Å². The van der Waals surface area contributed by atoms with Gasteiger partial charge in [-0.3, -0.25) is 4.79 Å². The Balaban J connectivity index is 1.98. The minimum Gasteiger partial charge on any atom is -0.348 e. The first kappa shape index (κ1) is 21.0. The molecule has 0 spiro atoms. The highest BCUT2D eigenvalue weighted by atomic mass is 32.2. The minimum absolute atomic E-state index is 0.0524. The van der Waals surface area contributed by atoms with Gasteiger partial charge in [0.15, 0.2) is 5.65 Å². The molecule has 0 aliphatic carbocycles. The zero-order valence-electron chi connectivity index (χ0n) is 15.6. The van der Waals surface area contributed by atoms with Gasteiger partial charge < -0.3 is 5.32 Å². The highest BCUT2D eigenvalue weighted by Crippen LogP contribution is 2.32. The fourth-order valence-electron chi connectivity index (χ4n) is 2.81. The molecule has 4 nitrogen and oxygen atoms in total. The molecule has 0 radical (unpaired) electrons. The van der Waals surface area contributed by atoms with Crippen LogP contribution in [0.2, 0.25) is 0 Å². The average molecular weight is 423 g/mol. The summed E-state index contributed by atoms with van der Waals surface area (Å²) < 4.78 is 51.9. The van der Waals surface area contributed by atoms with Gasteiger partial charge in [0.1, 0.15) is 16.5 Å². The third-order valence-electron chi connectivity index (χ3n) is 4.24. The van der Waals surface area contributed by atoms with Crippen molar-refractivity contribution in [1.82, 2.24) is 15.3 Å². The van der Waals surface area contributed by atoms with E-state index in [-0.39, 0.29) is 18.0 Å². The summed E-state index contributed by atoms with van der Waals surface area (Å²) in [5.41, 5.74) is 0.436. The van der Waals surface area contributed by atoms with Crippen LogP contribution in [0.1, 0.15) is 34.1 Å². The number of alkyl halides is 3. The quantitative estimate of drug-likeness (QED) is 0.456. The highest BCUT2D eigenvalue weighted by molar-refractivity contribution is 7.99. The molecule has 2 aromatic heterocycles. The van der Waals surface area contributed by atoms with Crippen LogP contribution in [0.3, 0.4) is 0 Å². The SMILES string of the molecule is CCSc1nc2nc(C(F)(F)F)ccc2c(C)c1C(=O)NCc1ccc(F)cc1. The number of carbonyl (C=O) groups excluding carboxylic acids is 1. The van der Waals surface area contributed by atoms with Crippen molar-refractivity contribution in [3.8, 4) is 0 Å². The topological polar surface area (TPSA) is 54.9 Å². The molecule has 0 saturated carbocycles. The summed E-state index contributed by atoms with van der Waals surface area (Å²) in [5.74, 6) is -0.200. The molecule has 1 aromatic carbocycles. The maximum atomic E-state index is 13.0. The number of thioether (sulfide) groups is 1. The second kappa shape index (κ2) is 8.36. The van der Waals surface area contributed by atoms with Crippen molar-refractivity contribution >= 4 is 28.7 Å². The first-order valence-electron chi connectivity index (χ1n) is 8.74. The summed E-state index contributed by atoms with van der Waals surface area (Å²) in [6.45, 7) is 3.69. The van der Waals surface area contributed by atoms with Crippen LogP contribution in [0.4, 0.5) is 17.6 Å². The lowest BCUT2D eigenvalue weighted by Gasteiger charge is -2.15. The number of aryl methyl sites for hydroxylation is 1. The predicted octanol–water partition coefficient (Wildman–Crippen LogP) is 5.14. The maximum Gasteiger partial charge on any atom is 0.433 e. The Kier molecular flexibility index (Phi) is 6.07. The van der Waals surface area contributed by atoms with Gasteiger partial charge in [0.2, 0.25) is 0 Å². The molecule has 3 rings (SSSR count). The van der Waals surface area contributed by atoms with Crippen molar-refractivity contribution < 1.29 is 22.4 Å². The number of aromatic nitrogens is 2. The van der Waals surface area contributed by atoms with Crippen molar-refractivity contribution in [1.29, 1.82) is 0 Å². The second-order valence-electron chi connectivity index (χ2n) is 6.22. The van der Waals surface area contributed by atoms with Crippen LogP contribution in [-0.4, -0.2) is 21.6 Å². The Morgan fingerprint density at radius 1 is 1.10 bits per heavy atom. The molecular formula is C20H17F4N3OS. The number of rotatable bonds is 5. The zero-order chi connectivity index (χ0) is 21.2. The second-order valence-corrected chi connectivity index (χ2v) is 7.48. The predicted molar refractivity (Wildman–Crippen MR) is 103 cm³/mol. The Morgan fingerprint density at radius 3 is 2.41 bits per heavy atom. The molecule has 152 valence electrons. The van der Waals surface area contributed by atoms with E-state index in [2.05, 4.69) is 15.3 Å². The minimum atomic E-state index is -4.58. The average Bonchev–Trinajstić information content (AvgIpc) is 2.66. The molecule has 0 atom stereocenters. The van der Waals surface area contributed by atoms with E-state index >= 15 is 0 Å². The summed E-state index contributed by atoms with van der Waals surface area (Å²) in [7, 11) is 0. The number of nitrogens with zero attached hydrogens (tertiary/aromatic N) is 2. The lowest BCUT2D eigenvalue weighted by molar-refractivity contribution is -0.141. The molecule has 3 aromatic rings. The van der Waals surface area contributed by atoms with Crippen LogP contribution in [0, 0.1) is 12.7 Å². The zero-order valence-corrected chi connectivity index (χ0v) is 16.4. The van der Waals surface area contributed by atoms with Gasteiger partial charge in [0.25, 0.3) is 5.91 Å². The molecular weight excluding hydrogens is 406 g/mol. The summed E-state index contributed by atoms with van der Waals surface area (Å²) in [4.78, 5) is 20.7. The van der Waals surface area contributed by atoms with Gasteiger partial charge in [-0.25, -0.2) is 14.4 Å². The number of amides is 1. The lowest BCUT2D eigenvalue weighted by atomic mass is 10.1. The van der Waals surface area contributed by atoms with Crippen molar-refractivity contribution in [2.45, 2.75) is 31.6 Å². The van der Waals surface area contributed by atoms with Crippen molar-refractivity contribution in [2.75, 3.05) is 5.75 Å². The maximum absolute atomic E-state index is 13.0.